The van der Waals surface area contributed by atoms with Gasteiger partial charge in [0.2, 0.25) is 0 Å². The van der Waals surface area contributed by atoms with Crippen molar-refractivity contribution in [3.8, 4) is 0 Å². The second-order valence-corrected chi connectivity index (χ2v) is 5.20. The molecule has 0 aromatic heterocycles. The molecule has 0 heterocycles. The van der Waals surface area contributed by atoms with Crippen molar-refractivity contribution in [1.29, 1.82) is 0 Å². The first-order valence-electron chi connectivity index (χ1n) is 6.64. The second kappa shape index (κ2) is 5.63. The molecule has 3 atom stereocenters. The number of rotatable bonds is 3. The van der Waals surface area contributed by atoms with Gasteiger partial charge in [-0.25, -0.2) is 4.39 Å². The van der Waals surface area contributed by atoms with Crippen LogP contribution in [0, 0.1) is 17.7 Å². The summed E-state index contributed by atoms with van der Waals surface area (Å²) in [5, 5.41) is 10.3. The van der Waals surface area contributed by atoms with E-state index in [2.05, 4.69) is 6.92 Å². The summed E-state index contributed by atoms with van der Waals surface area (Å²) in [6.45, 7) is 2.22. The van der Waals surface area contributed by atoms with Crippen molar-refractivity contribution in [3.05, 3.63) is 35.6 Å². The van der Waals surface area contributed by atoms with Gasteiger partial charge in [-0.05, 0) is 42.4 Å². The van der Waals surface area contributed by atoms with Crippen LogP contribution in [-0.4, -0.2) is 5.11 Å². The average Bonchev–Trinajstić information content (AvgIpc) is 2.39. The molecule has 0 radical (unpaired) electrons. The maximum absolute atomic E-state index is 12.8. The third-order valence-corrected chi connectivity index (χ3v) is 4.06. The molecule has 0 bridgehead atoms. The fourth-order valence-corrected chi connectivity index (χ4v) is 2.92. The van der Waals surface area contributed by atoms with E-state index in [1.807, 2.05) is 0 Å². The normalized spacial score (nSPS) is 26.8. The first-order valence-corrected chi connectivity index (χ1v) is 6.64. The lowest BCUT2D eigenvalue weighted by Gasteiger charge is -2.31. The molecular formula is C15H21FO. The minimum Gasteiger partial charge on any atom is -0.388 e. The number of benzene rings is 1. The third kappa shape index (κ3) is 3.06. The molecule has 0 aliphatic heterocycles. The lowest BCUT2D eigenvalue weighted by molar-refractivity contribution is 0.0677. The minimum absolute atomic E-state index is 0.240. The van der Waals surface area contributed by atoms with E-state index in [0.717, 1.165) is 24.3 Å². The number of aliphatic hydroxyl groups excluding tert-OH is 1. The summed E-state index contributed by atoms with van der Waals surface area (Å²) in [4.78, 5) is 0. The Morgan fingerprint density at radius 3 is 2.65 bits per heavy atom. The van der Waals surface area contributed by atoms with Crippen molar-refractivity contribution in [2.24, 2.45) is 11.8 Å². The van der Waals surface area contributed by atoms with Crippen LogP contribution < -0.4 is 0 Å². The Labute approximate surface area is 103 Å². The summed E-state index contributed by atoms with van der Waals surface area (Å²) < 4.78 is 12.8. The molecular weight excluding hydrogens is 215 g/mol. The first kappa shape index (κ1) is 12.6. The van der Waals surface area contributed by atoms with Gasteiger partial charge in [-0.3, -0.25) is 0 Å². The Bertz CT molecular complexity index is 346. The first-order chi connectivity index (χ1) is 8.20. The highest BCUT2D eigenvalue weighted by Crippen LogP contribution is 2.38. The molecule has 1 nitrogen and oxygen atoms in total. The van der Waals surface area contributed by atoms with Crippen molar-refractivity contribution >= 4 is 0 Å². The topological polar surface area (TPSA) is 20.2 Å². The summed E-state index contributed by atoms with van der Waals surface area (Å²) >= 11 is 0. The van der Waals surface area contributed by atoms with Gasteiger partial charge in [0.05, 0.1) is 6.10 Å². The zero-order valence-electron chi connectivity index (χ0n) is 10.4. The second-order valence-electron chi connectivity index (χ2n) is 5.20. The molecule has 1 N–H and O–H groups in total. The predicted molar refractivity (Wildman–Crippen MR) is 67.1 cm³/mol. The Morgan fingerprint density at radius 1 is 1.29 bits per heavy atom. The van der Waals surface area contributed by atoms with Crippen LogP contribution in [0.4, 0.5) is 4.39 Å². The summed E-state index contributed by atoms with van der Waals surface area (Å²) in [6.07, 6.45) is 5.48. The van der Waals surface area contributed by atoms with Crippen LogP contribution in [0.15, 0.2) is 24.3 Å². The molecule has 2 heteroatoms. The highest BCUT2D eigenvalue weighted by molar-refractivity contribution is 5.19. The Balaban J connectivity index is 2.03. The van der Waals surface area contributed by atoms with E-state index in [1.54, 1.807) is 12.1 Å². The maximum atomic E-state index is 12.8. The van der Waals surface area contributed by atoms with E-state index in [0.29, 0.717) is 5.92 Å². The molecule has 1 fully saturated rings. The quantitative estimate of drug-likeness (QED) is 0.838. The third-order valence-electron chi connectivity index (χ3n) is 4.06. The molecule has 17 heavy (non-hydrogen) atoms. The lowest BCUT2D eigenvalue weighted by atomic mass is 9.76. The molecule has 1 aliphatic carbocycles. The number of hydrogen-bond acceptors (Lipinski definition) is 1. The van der Waals surface area contributed by atoms with E-state index in [1.165, 1.54) is 31.4 Å². The number of hydrogen-bond donors (Lipinski definition) is 1. The zero-order chi connectivity index (χ0) is 12.3. The van der Waals surface area contributed by atoms with E-state index in [4.69, 9.17) is 0 Å². The summed E-state index contributed by atoms with van der Waals surface area (Å²) in [5.41, 5.74) is 0.855. The maximum Gasteiger partial charge on any atom is 0.123 e. The molecule has 1 aromatic carbocycles. The van der Waals surface area contributed by atoms with Crippen molar-refractivity contribution in [2.45, 2.75) is 45.1 Å². The van der Waals surface area contributed by atoms with Gasteiger partial charge in [0.1, 0.15) is 5.82 Å². The van der Waals surface area contributed by atoms with Crippen LogP contribution in [0.25, 0.3) is 0 Å². The van der Waals surface area contributed by atoms with E-state index in [9.17, 15) is 9.50 Å². The minimum atomic E-state index is -0.426. The summed E-state index contributed by atoms with van der Waals surface area (Å²) in [5.74, 6) is 0.860. The summed E-state index contributed by atoms with van der Waals surface area (Å²) in [7, 11) is 0. The standard InChI is InChI=1S/C15H21FO/c1-2-11-4-3-5-13(10-11)15(17)12-6-8-14(16)9-7-12/h6-9,11,13,15,17H,2-5,10H2,1H3/t11-,13-,15-/m0/s1. The SMILES string of the molecule is CC[C@H]1CCC[C@H]([C@@H](O)c2ccc(F)cc2)C1. The Hall–Kier alpha value is -0.890. The van der Waals surface area contributed by atoms with Crippen molar-refractivity contribution < 1.29 is 9.50 Å². The molecule has 1 saturated carbocycles. The van der Waals surface area contributed by atoms with E-state index >= 15 is 0 Å². The molecule has 1 aromatic rings. The molecule has 0 unspecified atom stereocenters. The van der Waals surface area contributed by atoms with Gasteiger partial charge in [0, 0.05) is 0 Å². The van der Waals surface area contributed by atoms with Crippen LogP contribution in [0.3, 0.4) is 0 Å². The Kier molecular flexibility index (Phi) is 4.16. The highest BCUT2D eigenvalue weighted by Gasteiger charge is 2.27. The van der Waals surface area contributed by atoms with Crippen molar-refractivity contribution in [1.82, 2.24) is 0 Å². The molecule has 1 aliphatic rings. The molecule has 2 rings (SSSR count). The predicted octanol–water partition coefficient (Wildman–Crippen LogP) is 4.08. The van der Waals surface area contributed by atoms with Crippen LogP contribution in [0.2, 0.25) is 0 Å². The van der Waals surface area contributed by atoms with Gasteiger partial charge in [0.15, 0.2) is 0 Å². The van der Waals surface area contributed by atoms with Crippen molar-refractivity contribution in [2.75, 3.05) is 0 Å². The Morgan fingerprint density at radius 2 is 2.00 bits per heavy atom. The zero-order valence-corrected chi connectivity index (χ0v) is 10.4. The van der Waals surface area contributed by atoms with Gasteiger partial charge in [-0.2, -0.15) is 0 Å². The summed E-state index contributed by atoms with van der Waals surface area (Å²) in [6, 6.07) is 6.27. The van der Waals surface area contributed by atoms with Gasteiger partial charge < -0.3 is 5.11 Å². The molecule has 94 valence electrons. The highest BCUT2D eigenvalue weighted by atomic mass is 19.1. The fraction of sp³-hybridized carbons (Fsp3) is 0.600. The van der Waals surface area contributed by atoms with Crippen LogP contribution in [0.5, 0.6) is 0 Å². The number of halogens is 1. The average molecular weight is 236 g/mol. The smallest absolute Gasteiger partial charge is 0.123 e. The van der Waals surface area contributed by atoms with Crippen LogP contribution >= 0.6 is 0 Å². The lowest BCUT2D eigenvalue weighted by Crippen LogP contribution is -2.21. The van der Waals surface area contributed by atoms with Crippen LogP contribution in [-0.2, 0) is 0 Å². The molecule has 0 saturated heterocycles. The van der Waals surface area contributed by atoms with Gasteiger partial charge >= 0.3 is 0 Å². The van der Waals surface area contributed by atoms with Crippen molar-refractivity contribution in [3.63, 3.8) is 0 Å². The molecule has 0 spiro atoms. The van der Waals surface area contributed by atoms with E-state index < -0.39 is 6.10 Å². The van der Waals surface area contributed by atoms with E-state index in [-0.39, 0.29) is 5.82 Å². The molecule has 0 amide bonds. The van der Waals surface area contributed by atoms with Gasteiger partial charge in [-0.1, -0.05) is 38.3 Å². The monoisotopic (exact) mass is 236 g/mol. The van der Waals surface area contributed by atoms with Crippen LogP contribution in [0.1, 0.15) is 50.7 Å². The number of aliphatic hydroxyl groups is 1. The fourth-order valence-electron chi connectivity index (χ4n) is 2.92. The van der Waals surface area contributed by atoms with Gasteiger partial charge in [0.25, 0.3) is 0 Å². The van der Waals surface area contributed by atoms with Gasteiger partial charge in [-0.15, -0.1) is 0 Å². The largest absolute Gasteiger partial charge is 0.388 e.